The van der Waals surface area contributed by atoms with Crippen molar-refractivity contribution in [2.24, 2.45) is 0 Å². The third-order valence-electron chi connectivity index (χ3n) is 4.30. The van der Waals surface area contributed by atoms with Crippen molar-refractivity contribution in [2.75, 3.05) is 12.3 Å². The molecule has 1 fully saturated rings. The van der Waals surface area contributed by atoms with Crippen LogP contribution in [0, 0.1) is 0 Å². The number of aliphatic carboxylic acids is 2. The van der Waals surface area contributed by atoms with E-state index in [4.69, 9.17) is 25.4 Å². The first-order chi connectivity index (χ1) is 14.2. The van der Waals surface area contributed by atoms with Crippen molar-refractivity contribution in [1.82, 2.24) is 19.5 Å². The first-order valence-corrected chi connectivity index (χ1v) is 8.46. The number of carbonyl (C=O) groups excluding carboxylic acids is 1. The molecule has 2 aromatic heterocycles. The number of fused-ring (bicyclic) bond motifs is 1. The second-order valence-corrected chi connectivity index (χ2v) is 6.30. The van der Waals surface area contributed by atoms with Gasteiger partial charge in [0.25, 0.3) is 0 Å². The Balaban J connectivity index is 1.70. The van der Waals surface area contributed by atoms with E-state index in [1.165, 1.54) is 17.2 Å². The molecule has 14 heteroatoms. The Morgan fingerprint density at radius 1 is 1.20 bits per heavy atom. The Bertz CT molecular complexity index is 1020. The van der Waals surface area contributed by atoms with Gasteiger partial charge < -0.3 is 35.6 Å². The molecule has 3 heterocycles. The number of aliphatic hydroxyl groups is 2. The molecule has 0 aliphatic carbocycles. The van der Waals surface area contributed by atoms with E-state index in [-0.39, 0.29) is 17.0 Å². The highest BCUT2D eigenvalue weighted by molar-refractivity contribution is 5.98. The van der Waals surface area contributed by atoms with Crippen LogP contribution in [0.25, 0.3) is 11.2 Å². The van der Waals surface area contributed by atoms with Crippen molar-refractivity contribution in [2.45, 2.75) is 31.0 Å². The minimum Gasteiger partial charge on any atom is -0.481 e. The van der Waals surface area contributed by atoms with Crippen LogP contribution in [0.5, 0.6) is 0 Å². The summed E-state index contributed by atoms with van der Waals surface area (Å²) in [5.41, 5.74) is 5.54. The standard InChI is InChI=1S/C16H17N5O9/c17-13-10-14(19-4-18-13)21(5-20-10)15-12(26)11(25)7(30-15)3-29-9(24)2-6(16(27)28)1-8(22)23/h2,4-5,7,11-12,15,25-26H,1,3H2,(H,22,23)(H,27,28)(H2,17,18,19)/t7-,11-,12-,15-/m1/s1. The molecular weight excluding hydrogens is 406 g/mol. The summed E-state index contributed by atoms with van der Waals surface area (Å²) in [5, 5.41) is 38.1. The van der Waals surface area contributed by atoms with Crippen LogP contribution in [-0.2, 0) is 23.9 Å². The predicted molar refractivity (Wildman–Crippen MR) is 94.6 cm³/mol. The van der Waals surface area contributed by atoms with E-state index in [1.54, 1.807) is 0 Å². The zero-order valence-corrected chi connectivity index (χ0v) is 15.2. The summed E-state index contributed by atoms with van der Waals surface area (Å²) in [6.45, 7) is -0.534. The Kier molecular flexibility index (Phi) is 5.91. The summed E-state index contributed by atoms with van der Waals surface area (Å²) in [6.07, 6.45) is -3.05. The molecule has 0 bridgehead atoms. The van der Waals surface area contributed by atoms with Crippen LogP contribution < -0.4 is 5.73 Å². The number of imidazole rings is 1. The van der Waals surface area contributed by atoms with E-state index >= 15 is 0 Å². The van der Waals surface area contributed by atoms with Crippen LogP contribution in [-0.4, -0.2) is 82.8 Å². The van der Waals surface area contributed by atoms with Crippen LogP contribution in [0.1, 0.15) is 12.6 Å². The van der Waals surface area contributed by atoms with Crippen molar-refractivity contribution in [3.63, 3.8) is 0 Å². The molecule has 4 atom stereocenters. The van der Waals surface area contributed by atoms with Crippen molar-refractivity contribution in [3.8, 4) is 0 Å². The molecule has 3 rings (SSSR count). The summed E-state index contributed by atoms with van der Waals surface area (Å²) in [6, 6.07) is 0. The Morgan fingerprint density at radius 2 is 1.93 bits per heavy atom. The second kappa shape index (κ2) is 8.40. The van der Waals surface area contributed by atoms with Crippen molar-refractivity contribution < 1.29 is 44.3 Å². The van der Waals surface area contributed by atoms with Crippen LogP contribution in [0.15, 0.2) is 24.3 Å². The highest BCUT2D eigenvalue weighted by atomic mass is 16.6. The topological polar surface area (TPSA) is 220 Å². The maximum absolute atomic E-state index is 11.8. The average molecular weight is 423 g/mol. The molecule has 0 unspecified atom stereocenters. The van der Waals surface area contributed by atoms with Crippen LogP contribution >= 0.6 is 0 Å². The van der Waals surface area contributed by atoms with E-state index in [2.05, 4.69) is 15.0 Å². The smallest absolute Gasteiger partial charge is 0.332 e. The SMILES string of the molecule is Nc1ncnc2c1ncn2[C@@H]1O[C@H](COC(=O)C=C(CC(=O)O)C(=O)O)[C@@H](O)[C@H]1O. The van der Waals surface area contributed by atoms with E-state index in [1.807, 2.05) is 0 Å². The summed E-state index contributed by atoms with van der Waals surface area (Å²) in [7, 11) is 0. The number of carbonyl (C=O) groups is 3. The lowest BCUT2D eigenvalue weighted by Gasteiger charge is -2.16. The molecule has 6 N–H and O–H groups in total. The van der Waals surface area contributed by atoms with E-state index in [0.717, 1.165) is 0 Å². The molecule has 1 saturated heterocycles. The fraction of sp³-hybridized carbons (Fsp3) is 0.375. The van der Waals surface area contributed by atoms with Crippen molar-refractivity contribution in [3.05, 3.63) is 24.3 Å². The lowest BCUT2D eigenvalue weighted by atomic mass is 10.1. The van der Waals surface area contributed by atoms with E-state index in [0.29, 0.717) is 6.08 Å². The average Bonchev–Trinajstić information content (AvgIpc) is 3.22. The third kappa shape index (κ3) is 4.19. The van der Waals surface area contributed by atoms with Gasteiger partial charge in [0.05, 0.1) is 18.3 Å². The van der Waals surface area contributed by atoms with Crippen LogP contribution in [0.2, 0.25) is 0 Å². The molecule has 0 amide bonds. The molecule has 1 aliphatic heterocycles. The zero-order valence-electron chi connectivity index (χ0n) is 15.2. The summed E-state index contributed by atoms with van der Waals surface area (Å²) in [5.74, 6) is -4.06. The lowest BCUT2D eigenvalue weighted by Crippen LogP contribution is -2.34. The number of aromatic nitrogens is 4. The number of hydrogen-bond donors (Lipinski definition) is 5. The molecule has 1 aliphatic rings. The van der Waals surface area contributed by atoms with Gasteiger partial charge in [-0.3, -0.25) is 9.36 Å². The van der Waals surface area contributed by atoms with Gasteiger partial charge >= 0.3 is 17.9 Å². The number of carboxylic acids is 2. The molecular formula is C16H17N5O9. The fourth-order valence-corrected chi connectivity index (χ4v) is 2.85. The second-order valence-electron chi connectivity index (χ2n) is 6.30. The van der Waals surface area contributed by atoms with Gasteiger partial charge in [-0.15, -0.1) is 0 Å². The van der Waals surface area contributed by atoms with Gasteiger partial charge in [0.1, 0.15) is 36.8 Å². The maximum atomic E-state index is 11.8. The number of nitrogens with two attached hydrogens (primary N) is 1. The fourth-order valence-electron chi connectivity index (χ4n) is 2.85. The van der Waals surface area contributed by atoms with E-state index < -0.39 is 61.0 Å². The number of rotatable bonds is 7. The first-order valence-electron chi connectivity index (χ1n) is 8.46. The molecule has 0 radical (unpaired) electrons. The molecule has 14 nitrogen and oxygen atoms in total. The van der Waals surface area contributed by atoms with Crippen molar-refractivity contribution >= 4 is 34.9 Å². The number of nitrogens with zero attached hydrogens (tertiary/aromatic N) is 4. The Morgan fingerprint density at radius 3 is 2.60 bits per heavy atom. The van der Waals surface area contributed by atoms with Gasteiger partial charge in [0.15, 0.2) is 17.7 Å². The number of aliphatic hydroxyl groups excluding tert-OH is 2. The number of esters is 1. The number of ether oxygens (including phenoxy) is 2. The van der Waals surface area contributed by atoms with Crippen molar-refractivity contribution in [1.29, 1.82) is 0 Å². The summed E-state index contributed by atoms with van der Waals surface area (Å²) < 4.78 is 11.7. The number of carboxylic acid groups (broad SMARTS) is 2. The van der Waals surface area contributed by atoms with Gasteiger partial charge in [-0.2, -0.15) is 0 Å². The highest BCUT2D eigenvalue weighted by Crippen LogP contribution is 2.32. The third-order valence-corrected chi connectivity index (χ3v) is 4.30. The van der Waals surface area contributed by atoms with Gasteiger partial charge in [0, 0.05) is 6.08 Å². The highest BCUT2D eigenvalue weighted by Gasteiger charge is 2.45. The summed E-state index contributed by atoms with van der Waals surface area (Å²) in [4.78, 5) is 45.3. The molecule has 30 heavy (non-hydrogen) atoms. The summed E-state index contributed by atoms with van der Waals surface area (Å²) >= 11 is 0. The lowest BCUT2D eigenvalue weighted by molar-refractivity contribution is -0.145. The van der Waals surface area contributed by atoms with E-state index in [9.17, 15) is 24.6 Å². The molecule has 0 saturated carbocycles. The Labute approximate surface area is 167 Å². The number of nitrogen functional groups attached to an aromatic ring is 1. The molecule has 0 aromatic carbocycles. The quantitative estimate of drug-likeness (QED) is 0.242. The monoisotopic (exact) mass is 423 g/mol. The zero-order chi connectivity index (χ0) is 22.0. The minimum atomic E-state index is -1.59. The van der Waals surface area contributed by atoms with Gasteiger partial charge in [-0.05, 0) is 0 Å². The van der Waals surface area contributed by atoms with Gasteiger partial charge in [0.2, 0.25) is 0 Å². The number of hydrogen-bond acceptors (Lipinski definition) is 11. The molecule has 2 aromatic rings. The molecule has 0 spiro atoms. The number of anilines is 1. The largest absolute Gasteiger partial charge is 0.481 e. The van der Waals surface area contributed by atoms with Gasteiger partial charge in [-0.25, -0.2) is 24.5 Å². The normalized spacial score (nSPS) is 24.1. The molecule has 160 valence electrons. The first kappa shape index (κ1) is 21.1. The van der Waals surface area contributed by atoms with Crippen LogP contribution in [0.4, 0.5) is 5.82 Å². The predicted octanol–water partition coefficient (Wildman–Crippen LogP) is -1.94. The van der Waals surface area contributed by atoms with Gasteiger partial charge in [-0.1, -0.05) is 0 Å². The Hall–Kier alpha value is -3.62. The maximum Gasteiger partial charge on any atom is 0.332 e. The van der Waals surface area contributed by atoms with Crippen LogP contribution in [0.3, 0.4) is 0 Å². The minimum absolute atomic E-state index is 0.111.